The SMILES string of the molecule is O=CN1CCN(C(=O)CNC(=O)c2cccnc2)CC1. The van der Waals surface area contributed by atoms with Crippen molar-refractivity contribution in [3.8, 4) is 0 Å². The van der Waals surface area contributed by atoms with Gasteiger partial charge in [-0.25, -0.2) is 0 Å². The van der Waals surface area contributed by atoms with Crippen molar-refractivity contribution in [3.05, 3.63) is 30.1 Å². The Morgan fingerprint density at radius 1 is 1.30 bits per heavy atom. The van der Waals surface area contributed by atoms with Crippen molar-refractivity contribution in [1.82, 2.24) is 20.1 Å². The number of pyridine rings is 1. The molecule has 1 N–H and O–H groups in total. The molecule has 0 aromatic carbocycles. The molecule has 0 bridgehead atoms. The van der Waals surface area contributed by atoms with Gasteiger partial charge in [-0.1, -0.05) is 0 Å². The molecule has 0 aliphatic carbocycles. The lowest BCUT2D eigenvalue weighted by atomic mass is 10.2. The number of amides is 3. The van der Waals surface area contributed by atoms with E-state index in [0.717, 1.165) is 6.41 Å². The number of aromatic nitrogens is 1. The van der Waals surface area contributed by atoms with Gasteiger partial charge in [-0.15, -0.1) is 0 Å². The zero-order valence-corrected chi connectivity index (χ0v) is 11.0. The van der Waals surface area contributed by atoms with E-state index in [-0.39, 0.29) is 18.4 Å². The van der Waals surface area contributed by atoms with Crippen LogP contribution in [0.25, 0.3) is 0 Å². The zero-order chi connectivity index (χ0) is 14.4. The van der Waals surface area contributed by atoms with Crippen LogP contribution in [0.3, 0.4) is 0 Å². The van der Waals surface area contributed by atoms with Crippen LogP contribution < -0.4 is 5.32 Å². The number of nitrogens with zero attached hydrogens (tertiary/aromatic N) is 3. The topological polar surface area (TPSA) is 82.6 Å². The average molecular weight is 276 g/mol. The van der Waals surface area contributed by atoms with Crippen molar-refractivity contribution in [3.63, 3.8) is 0 Å². The van der Waals surface area contributed by atoms with Crippen molar-refractivity contribution < 1.29 is 14.4 Å². The van der Waals surface area contributed by atoms with Crippen LogP contribution in [0.4, 0.5) is 0 Å². The van der Waals surface area contributed by atoms with E-state index in [1.54, 1.807) is 28.1 Å². The molecule has 0 radical (unpaired) electrons. The highest BCUT2D eigenvalue weighted by atomic mass is 16.2. The summed E-state index contributed by atoms with van der Waals surface area (Å²) in [6, 6.07) is 3.30. The molecule has 1 aromatic rings. The first-order valence-electron chi connectivity index (χ1n) is 6.36. The third-order valence-electron chi connectivity index (χ3n) is 3.14. The fraction of sp³-hybridized carbons (Fsp3) is 0.385. The average Bonchev–Trinajstić information content (AvgIpc) is 2.53. The van der Waals surface area contributed by atoms with Gasteiger partial charge in [0.25, 0.3) is 5.91 Å². The first-order valence-corrected chi connectivity index (χ1v) is 6.36. The molecule has 1 aliphatic heterocycles. The van der Waals surface area contributed by atoms with Crippen LogP contribution in [-0.2, 0) is 9.59 Å². The van der Waals surface area contributed by atoms with Gasteiger partial charge in [0.05, 0.1) is 12.1 Å². The molecule has 20 heavy (non-hydrogen) atoms. The largest absolute Gasteiger partial charge is 0.343 e. The monoisotopic (exact) mass is 276 g/mol. The Bertz CT molecular complexity index is 484. The fourth-order valence-electron chi connectivity index (χ4n) is 1.94. The third-order valence-corrected chi connectivity index (χ3v) is 3.14. The zero-order valence-electron chi connectivity index (χ0n) is 11.0. The van der Waals surface area contributed by atoms with Crippen molar-refractivity contribution in [2.45, 2.75) is 0 Å². The molecule has 7 heteroatoms. The molecule has 0 saturated carbocycles. The van der Waals surface area contributed by atoms with Gasteiger partial charge < -0.3 is 15.1 Å². The van der Waals surface area contributed by atoms with Crippen LogP contribution in [-0.4, -0.2) is 65.7 Å². The minimum atomic E-state index is -0.321. The summed E-state index contributed by atoms with van der Waals surface area (Å²) < 4.78 is 0. The molecular formula is C13H16N4O3. The van der Waals surface area contributed by atoms with E-state index in [4.69, 9.17) is 0 Å². The van der Waals surface area contributed by atoms with Gasteiger partial charge in [-0.05, 0) is 12.1 Å². The van der Waals surface area contributed by atoms with Crippen molar-refractivity contribution >= 4 is 18.2 Å². The summed E-state index contributed by atoms with van der Waals surface area (Å²) in [5.41, 5.74) is 0.422. The number of piperazine rings is 1. The second-order valence-corrected chi connectivity index (χ2v) is 4.45. The van der Waals surface area contributed by atoms with E-state index >= 15 is 0 Å². The third kappa shape index (κ3) is 3.53. The van der Waals surface area contributed by atoms with E-state index in [0.29, 0.717) is 31.7 Å². The molecule has 7 nitrogen and oxygen atoms in total. The number of carbonyl (C=O) groups excluding carboxylic acids is 3. The summed E-state index contributed by atoms with van der Waals surface area (Å²) in [6.45, 7) is 2.02. The molecule has 1 aromatic heterocycles. The molecule has 3 amide bonds. The molecule has 1 aliphatic rings. The van der Waals surface area contributed by atoms with Crippen molar-refractivity contribution in [1.29, 1.82) is 0 Å². The maximum absolute atomic E-state index is 11.9. The Balaban J connectivity index is 1.78. The minimum Gasteiger partial charge on any atom is -0.343 e. The lowest BCUT2D eigenvalue weighted by molar-refractivity contribution is -0.134. The lowest BCUT2D eigenvalue weighted by Crippen LogP contribution is -2.50. The molecule has 0 unspecified atom stereocenters. The van der Waals surface area contributed by atoms with Gasteiger partial charge in [-0.2, -0.15) is 0 Å². The Labute approximate surface area is 116 Å². The summed E-state index contributed by atoms with van der Waals surface area (Å²) in [7, 11) is 0. The fourth-order valence-corrected chi connectivity index (χ4v) is 1.94. The van der Waals surface area contributed by atoms with Crippen molar-refractivity contribution in [2.75, 3.05) is 32.7 Å². The molecule has 1 saturated heterocycles. The highest BCUT2D eigenvalue weighted by Crippen LogP contribution is 2.00. The molecule has 0 atom stereocenters. The molecule has 106 valence electrons. The van der Waals surface area contributed by atoms with Gasteiger partial charge in [0.1, 0.15) is 0 Å². The Kier molecular flexibility index (Phi) is 4.65. The van der Waals surface area contributed by atoms with Crippen molar-refractivity contribution in [2.24, 2.45) is 0 Å². The normalized spacial score (nSPS) is 14.8. The van der Waals surface area contributed by atoms with Gasteiger partial charge >= 0.3 is 0 Å². The van der Waals surface area contributed by atoms with Gasteiger partial charge in [0, 0.05) is 38.6 Å². The minimum absolute atomic E-state index is 0.0468. The summed E-state index contributed by atoms with van der Waals surface area (Å²) >= 11 is 0. The lowest BCUT2D eigenvalue weighted by Gasteiger charge is -2.32. The molecule has 1 fully saturated rings. The highest BCUT2D eigenvalue weighted by Gasteiger charge is 2.20. The predicted octanol–water partition coefficient (Wildman–Crippen LogP) is -0.888. The van der Waals surface area contributed by atoms with Crippen LogP contribution in [0, 0.1) is 0 Å². The standard InChI is InChI=1S/C13H16N4O3/c18-10-16-4-6-17(7-5-16)12(19)9-15-13(20)11-2-1-3-14-8-11/h1-3,8,10H,4-7,9H2,(H,15,20). The highest BCUT2D eigenvalue weighted by molar-refractivity contribution is 5.96. The van der Waals surface area contributed by atoms with Crippen LogP contribution >= 0.6 is 0 Å². The van der Waals surface area contributed by atoms with E-state index in [1.165, 1.54) is 6.20 Å². The predicted molar refractivity (Wildman–Crippen MR) is 70.8 cm³/mol. The Morgan fingerprint density at radius 3 is 2.65 bits per heavy atom. The van der Waals surface area contributed by atoms with E-state index < -0.39 is 0 Å². The molecule has 2 heterocycles. The number of hydrogen-bond donors (Lipinski definition) is 1. The maximum Gasteiger partial charge on any atom is 0.253 e. The molecular weight excluding hydrogens is 260 g/mol. The van der Waals surface area contributed by atoms with Crippen LogP contribution in [0.15, 0.2) is 24.5 Å². The van der Waals surface area contributed by atoms with Gasteiger partial charge in [0.15, 0.2) is 0 Å². The molecule has 0 spiro atoms. The first kappa shape index (κ1) is 14.0. The molecule has 2 rings (SSSR count). The maximum atomic E-state index is 11.9. The van der Waals surface area contributed by atoms with E-state index in [9.17, 15) is 14.4 Å². The van der Waals surface area contributed by atoms with Crippen LogP contribution in [0.2, 0.25) is 0 Å². The summed E-state index contributed by atoms with van der Waals surface area (Å²) in [5.74, 6) is -0.467. The Morgan fingerprint density at radius 2 is 2.05 bits per heavy atom. The van der Waals surface area contributed by atoms with E-state index in [2.05, 4.69) is 10.3 Å². The number of hydrogen-bond acceptors (Lipinski definition) is 4. The van der Waals surface area contributed by atoms with Gasteiger partial charge in [-0.3, -0.25) is 19.4 Å². The smallest absolute Gasteiger partial charge is 0.253 e. The van der Waals surface area contributed by atoms with E-state index in [1.807, 2.05) is 0 Å². The Hall–Kier alpha value is -2.44. The first-order chi connectivity index (χ1) is 9.70. The van der Waals surface area contributed by atoms with Crippen LogP contribution in [0.1, 0.15) is 10.4 Å². The number of nitrogens with one attached hydrogen (secondary N) is 1. The number of rotatable bonds is 4. The summed E-state index contributed by atoms with van der Waals surface area (Å²) in [6.07, 6.45) is 3.81. The quantitative estimate of drug-likeness (QED) is 0.723. The second-order valence-electron chi connectivity index (χ2n) is 4.45. The summed E-state index contributed by atoms with van der Waals surface area (Å²) in [4.78, 5) is 41.4. The summed E-state index contributed by atoms with van der Waals surface area (Å²) in [5, 5.41) is 2.57. The number of carbonyl (C=O) groups is 3. The van der Waals surface area contributed by atoms with Crippen LogP contribution in [0.5, 0.6) is 0 Å². The van der Waals surface area contributed by atoms with Gasteiger partial charge in [0.2, 0.25) is 12.3 Å². The second kappa shape index (κ2) is 6.65.